The molecule has 3 saturated carbocycles. The maximum atomic E-state index is 13.4. The van der Waals surface area contributed by atoms with Crippen LogP contribution in [0.3, 0.4) is 0 Å². The second kappa shape index (κ2) is 11.8. The number of carbonyl (C=O) groups excluding carboxylic acids is 2. The molecule has 6 unspecified atom stereocenters. The van der Waals surface area contributed by atoms with Crippen LogP contribution in [0.25, 0.3) is 0 Å². The third-order valence-corrected chi connectivity index (χ3v) is 8.20. The van der Waals surface area contributed by atoms with E-state index in [-0.39, 0.29) is 35.6 Å². The summed E-state index contributed by atoms with van der Waals surface area (Å²) in [6.45, 7) is 4.88. The van der Waals surface area contributed by atoms with E-state index in [9.17, 15) is 9.59 Å². The number of hydrogen-bond acceptors (Lipinski definition) is 6. The summed E-state index contributed by atoms with van der Waals surface area (Å²) in [5.74, 6) is -1.03. The van der Waals surface area contributed by atoms with Gasteiger partial charge in [0.05, 0.1) is 11.8 Å². The molecule has 2 bridgehead atoms. The Balaban J connectivity index is 1.43. The predicted octanol–water partition coefficient (Wildman–Crippen LogP) is 5.40. The first kappa shape index (κ1) is 24.7. The second-order valence-electron chi connectivity index (χ2n) is 10.3. The van der Waals surface area contributed by atoms with Crippen molar-refractivity contribution in [2.75, 3.05) is 13.2 Å². The molecule has 4 rings (SSSR count). The van der Waals surface area contributed by atoms with Gasteiger partial charge in [0.1, 0.15) is 0 Å². The minimum atomic E-state index is -0.513. The van der Waals surface area contributed by atoms with E-state index in [0.717, 1.165) is 57.8 Å². The van der Waals surface area contributed by atoms with Crippen molar-refractivity contribution in [3.8, 4) is 0 Å². The quantitative estimate of drug-likeness (QED) is 0.246. The molecule has 0 aliphatic heterocycles. The number of carbonyl (C=O) groups is 2. The van der Waals surface area contributed by atoms with E-state index < -0.39 is 24.4 Å². The molecular weight excluding hydrogens is 420 g/mol. The Morgan fingerprint density at radius 2 is 1.09 bits per heavy atom. The third kappa shape index (κ3) is 5.82. The zero-order valence-electron chi connectivity index (χ0n) is 20.4. The second-order valence-corrected chi connectivity index (χ2v) is 10.3. The molecule has 3 fully saturated rings. The highest BCUT2D eigenvalue weighted by atomic mass is 16.7. The fourth-order valence-electron chi connectivity index (χ4n) is 6.52. The lowest BCUT2D eigenvalue weighted by molar-refractivity contribution is -0.208. The smallest absolute Gasteiger partial charge is 0.312 e. The van der Waals surface area contributed by atoms with Crippen molar-refractivity contribution >= 4 is 11.9 Å². The van der Waals surface area contributed by atoms with Gasteiger partial charge in [0, 0.05) is 25.0 Å². The van der Waals surface area contributed by atoms with Crippen LogP contribution in [-0.4, -0.2) is 37.7 Å². The number of esters is 2. The number of fused-ring (bicyclic) bond motifs is 2. The van der Waals surface area contributed by atoms with Gasteiger partial charge in [-0.15, -0.1) is 0 Å². The van der Waals surface area contributed by atoms with Crippen LogP contribution in [0.2, 0.25) is 0 Å². The Kier molecular flexibility index (Phi) is 8.86. The predicted molar refractivity (Wildman–Crippen MR) is 124 cm³/mol. The van der Waals surface area contributed by atoms with Crippen LogP contribution in [-0.2, 0) is 28.5 Å². The lowest BCUT2D eigenvalue weighted by Gasteiger charge is -2.33. The molecule has 0 aromatic rings. The summed E-state index contributed by atoms with van der Waals surface area (Å²) in [5.41, 5.74) is 0. The van der Waals surface area contributed by atoms with E-state index in [1.165, 1.54) is 12.8 Å². The van der Waals surface area contributed by atoms with Crippen LogP contribution in [0.15, 0.2) is 12.2 Å². The van der Waals surface area contributed by atoms with Gasteiger partial charge in [0.25, 0.3) is 0 Å². The van der Waals surface area contributed by atoms with Crippen molar-refractivity contribution in [2.45, 2.75) is 97.1 Å². The van der Waals surface area contributed by atoms with E-state index in [4.69, 9.17) is 18.9 Å². The van der Waals surface area contributed by atoms with E-state index >= 15 is 0 Å². The Morgan fingerprint density at radius 1 is 0.697 bits per heavy atom. The first-order chi connectivity index (χ1) is 16.1. The van der Waals surface area contributed by atoms with Gasteiger partial charge in [0.2, 0.25) is 12.6 Å². The van der Waals surface area contributed by atoms with Crippen molar-refractivity contribution in [1.29, 1.82) is 0 Å². The van der Waals surface area contributed by atoms with Crippen LogP contribution < -0.4 is 0 Å². The van der Waals surface area contributed by atoms with E-state index in [1.54, 1.807) is 0 Å². The maximum absolute atomic E-state index is 13.4. The molecule has 0 aromatic carbocycles. The summed E-state index contributed by atoms with van der Waals surface area (Å²) < 4.78 is 23.7. The highest BCUT2D eigenvalue weighted by Gasteiger charge is 2.54. The topological polar surface area (TPSA) is 71.1 Å². The van der Waals surface area contributed by atoms with Crippen molar-refractivity contribution in [3.63, 3.8) is 0 Å². The van der Waals surface area contributed by atoms with Gasteiger partial charge in [-0.3, -0.25) is 9.59 Å². The van der Waals surface area contributed by atoms with E-state index in [2.05, 4.69) is 12.2 Å². The Hall–Kier alpha value is -1.40. The van der Waals surface area contributed by atoms with Gasteiger partial charge in [-0.1, -0.05) is 50.7 Å². The zero-order valence-corrected chi connectivity index (χ0v) is 20.4. The summed E-state index contributed by atoms with van der Waals surface area (Å²) >= 11 is 0. The maximum Gasteiger partial charge on any atom is 0.312 e. The number of allylic oxidation sites excluding steroid dienone is 2. The van der Waals surface area contributed by atoms with Crippen molar-refractivity contribution in [2.24, 2.45) is 35.5 Å². The lowest BCUT2D eigenvalue weighted by Crippen LogP contribution is -2.41. The molecule has 33 heavy (non-hydrogen) atoms. The highest BCUT2D eigenvalue weighted by molar-refractivity contribution is 5.84. The monoisotopic (exact) mass is 462 g/mol. The summed E-state index contributed by atoms with van der Waals surface area (Å²) in [5, 5.41) is 0. The molecule has 0 saturated heterocycles. The molecule has 0 N–H and O–H groups in total. The van der Waals surface area contributed by atoms with E-state index in [1.807, 2.05) is 13.8 Å². The standard InChI is InChI=1S/C27H42O6/c1-3-30-26(18-11-7-5-8-12-18)32-24(28)22-20-15-16-21(17-20)23(22)25(29)33-27(31-4-2)19-13-9-6-10-14-19/h15-16,18-23,26-27H,3-14,17H2,1-2H3. The van der Waals surface area contributed by atoms with Gasteiger partial charge in [-0.25, -0.2) is 0 Å². The van der Waals surface area contributed by atoms with E-state index in [0.29, 0.717) is 13.2 Å². The molecule has 186 valence electrons. The Morgan fingerprint density at radius 3 is 1.45 bits per heavy atom. The molecule has 0 amide bonds. The highest BCUT2D eigenvalue weighted by Crippen LogP contribution is 2.49. The first-order valence-corrected chi connectivity index (χ1v) is 13.4. The Bertz CT molecular complexity index is 622. The fourth-order valence-corrected chi connectivity index (χ4v) is 6.52. The summed E-state index contributed by atoms with van der Waals surface area (Å²) in [7, 11) is 0. The average molecular weight is 463 g/mol. The van der Waals surface area contributed by atoms with Gasteiger partial charge in [-0.2, -0.15) is 0 Å². The van der Waals surface area contributed by atoms with Gasteiger partial charge < -0.3 is 18.9 Å². The minimum Gasteiger partial charge on any atom is -0.435 e. The number of hydrogen-bond donors (Lipinski definition) is 0. The Labute approximate surface area is 198 Å². The van der Waals surface area contributed by atoms with Crippen molar-refractivity contribution < 1.29 is 28.5 Å². The molecule has 0 spiro atoms. The molecule has 4 aliphatic carbocycles. The van der Waals surface area contributed by atoms with Crippen LogP contribution in [0, 0.1) is 35.5 Å². The van der Waals surface area contributed by atoms with Crippen LogP contribution in [0.4, 0.5) is 0 Å². The lowest BCUT2D eigenvalue weighted by atomic mass is 9.82. The largest absolute Gasteiger partial charge is 0.435 e. The van der Waals surface area contributed by atoms with Crippen molar-refractivity contribution in [1.82, 2.24) is 0 Å². The van der Waals surface area contributed by atoms with Crippen LogP contribution in [0.1, 0.15) is 84.5 Å². The normalized spacial score (nSPS) is 31.9. The molecule has 6 atom stereocenters. The van der Waals surface area contributed by atoms with Crippen LogP contribution in [0.5, 0.6) is 0 Å². The van der Waals surface area contributed by atoms with Crippen molar-refractivity contribution in [3.05, 3.63) is 12.2 Å². The minimum absolute atomic E-state index is 0.0360. The van der Waals surface area contributed by atoms with Crippen LogP contribution >= 0.6 is 0 Å². The summed E-state index contributed by atoms with van der Waals surface area (Å²) in [6.07, 6.45) is 15.1. The molecular formula is C27H42O6. The van der Waals surface area contributed by atoms with Gasteiger partial charge in [0.15, 0.2) is 0 Å². The molecule has 4 aliphatic rings. The fraction of sp³-hybridized carbons (Fsp3) is 0.852. The molecule has 0 aromatic heterocycles. The number of ether oxygens (including phenoxy) is 4. The SMILES string of the molecule is CCOC(OC(=O)C1C2C=CC(C2)C1C(=O)OC(OCC)C1CCCCC1)C1CCCCC1. The zero-order chi connectivity index (χ0) is 23.2. The van der Waals surface area contributed by atoms with Gasteiger partial charge in [-0.05, 0) is 57.8 Å². The molecule has 0 radical (unpaired) electrons. The number of rotatable bonds is 10. The molecule has 6 nitrogen and oxygen atoms in total. The first-order valence-electron chi connectivity index (χ1n) is 13.4. The average Bonchev–Trinajstić information content (AvgIpc) is 3.46. The third-order valence-electron chi connectivity index (χ3n) is 8.20. The molecule has 6 heteroatoms. The summed E-state index contributed by atoms with van der Waals surface area (Å²) in [6, 6.07) is 0. The molecule has 0 heterocycles. The van der Waals surface area contributed by atoms with Gasteiger partial charge >= 0.3 is 11.9 Å². The summed E-state index contributed by atoms with van der Waals surface area (Å²) in [4.78, 5) is 26.8.